The summed E-state index contributed by atoms with van der Waals surface area (Å²) in [6.07, 6.45) is -2.01. The van der Waals surface area contributed by atoms with Crippen LogP contribution in [0.3, 0.4) is 0 Å². The fourth-order valence-electron chi connectivity index (χ4n) is 3.91. The van der Waals surface area contributed by atoms with Gasteiger partial charge in [-0.2, -0.15) is 13.2 Å². The maximum absolute atomic E-state index is 15.3. The van der Waals surface area contributed by atoms with E-state index in [0.29, 0.717) is 19.0 Å². The van der Waals surface area contributed by atoms with Crippen molar-refractivity contribution in [2.45, 2.75) is 37.5 Å². The van der Waals surface area contributed by atoms with Crippen LogP contribution in [-0.2, 0) is 11.8 Å². The average Bonchev–Trinajstić information content (AvgIpc) is 2.57. The lowest BCUT2D eigenvalue weighted by molar-refractivity contribution is -0.140. The molecule has 2 aliphatic rings. The van der Waals surface area contributed by atoms with Gasteiger partial charge >= 0.3 is 6.18 Å². The van der Waals surface area contributed by atoms with Gasteiger partial charge < -0.3 is 10.2 Å². The molecule has 134 valence electrons. The molecular weight excluding hydrogens is 320 g/mol. The first-order chi connectivity index (χ1) is 11.4. The largest absolute Gasteiger partial charge is 0.416 e. The molecule has 0 aliphatic carbocycles. The van der Waals surface area contributed by atoms with Crippen LogP contribution in [0.4, 0.5) is 17.6 Å². The van der Waals surface area contributed by atoms with E-state index in [1.807, 2.05) is 0 Å². The van der Waals surface area contributed by atoms with Gasteiger partial charge in [0.05, 0.1) is 5.56 Å². The van der Waals surface area contributed by atoms with Gasteiger partial charge in [-0.3, -0.25) is 0 Å². The lowest BCUT2D eigenvalue weighted by atomic mass is 9.83. The zero-order valence-electron chi connectivity index (χ0n) is 13.7. The molecule has 1 aromatic carbocycles. The minimum atomic E-state index is -4.51. The quantitative estimate of drug-likeness (QED) is 0.835. The van der Waals surface area contributed by atoms with Crippen molar-refractivity contribution in [3.05, 3.63) is 35.4 Å². The van der Waals surface area contributed by atoms with E-state index < -0.39 is 17.4 Å². The molecule has 24 heavy (non-hydrogen) atoms. The average molecular weight is 344 g/mol. The number of nitrogens with one attached hydrogen (secondary N) is 1. The zero-order chi connectivity index (χ0) is 17.2. The third kappa shape index (κ3) is 3.91. The van der Waals surface area contributed by atoms with Crippen LogP contribution < -0.4 is 5.32 Å². The molecule has 0 aromatic heterocycles. The second-order valence-electron chi connectivity index (χ2n) is 7.00. The normalized spacial score (nSPS) is 23.3. The number of hydrogen-bond donors (Lipinski definition) is 1. The number of alkyl halides is 4. The predicted molar refractivity (Wildman–Crippen MR) is 85.5 cm³/mol. The fraction of sp³-hybridized carbons (Fsp3) is 0.667. The molecule has 2 aliphatic heterocycles. The van der Waals surface area contributed by atoms with Gasteiger partial charge in [0.15, 0.2) is 0 Å². The molecule has 0 amide bonds. The highest BCUT2D eigenvalue weighted by molar-refractivity contribution is 5.35. The molecule has 6 heteroatoms. The van der Waals surface area contributed by atoms with Crippen LogP contribution in [0.15, 0.2) is 24.3 Å². The van der Waals surface area contributed by atoms with Gasteiger partial charge in [0, 0.05) is 25.2 Å². The van der Waals surface area contributed by atoms with Crippen molar-refractivity contribution in [1.29, 1.82) is 0 Å². The van der Waals surface area contributed by atoms with E-state index in [1.165, 1.54) is 18.2 Å². The topological polar surface area (TPSA) is 15.3 Å². The van der Waals surface area contributed by atoms with Crippen molar-refractivity contribution in [2.75, 3.05) is 32.7 Å². The van der Waals surface area contributed by atoms with Crippen molar-refractivity contribution in [2.24, 2.45) is 5.92 Å². The minimum Gasteiger partial charge on any atom is -0.317 e. The Bertz CT molecular complexity index is 544. The van der Waals surface area contributed by atoms with E-state index in [9.17, 15) is 13.2 Å². The van der Waals surface area contributed by atoms with Gasteiger partial charge in [0.25, 0.3) is 0 Å². The van der Waals surface area contributed by atoms with Gasteiger partial charge in [0.1, 0.15) is 5.67 Å². The van der Waals surface area contributed by atoms with Crippen LogP contribution in [0.1, 0.15) is 36.8 Å². The van der Waals surface area contributed by atoms with Crippen molar-refractivity contribution in [1.82, 2.24) is 10.2 Å². The highest BCUT2D eigenvalue weighted by Crippen LogP contribution is 2.43. The molecule has 0 radical (unpaired) electrons. The van der Waals surface area contributed by atoms with E-state index >= 15 is 4.39 Å². The standard InChI is InChI=1S/C18H24F4N2/c19-17(15-3-1-2-4-16(15)18(20,21)22)7-11-24(12-8-17)13-14-5-9-23-10-6-14/h1-4,14,23H,5-13H2. The van der Waals surface area contributed by atoms with Gasteiger partial charge in [-0.1, -0.05) is 18.2 Å². The molecule has 2 saturated heterocycles. The molecule has 0 unspecified atom stereocenters. The Balaban J connectivity index is 1.66. The summed E-state index contributed by atoms with van der Waals surface area (Å²) in [6, 6.07) is 5.10. The molecule has 0 atom stereocenters. The van der Waals surface area contributed by atoms with Crippen LogP contribution in [0.5, 0.6) is 0 Å². The molecule has 1 aromatic rings. The Morgan fingerprint density at radius 3 is 2.33 bits per heavy atom. The predicted octanol–water partition coefficient (Wildman–Crippen LogP) is 3.97. The van der Waals surface area contributed by atoms with Crippen LogP contribution >= 0.6 is 0 Å². The Morgan fingerprint density at radius 1 is 1.08 bits per heavy atom. The summed E-state index contributed by atoms with van der Waals surface area (Å²) in [5.41, 5.74) is -2.91. The number of benzene rings is 1. The summed E-state index contributed by atoms with van der Waals surface area (Å²) >= 11 is 0. The number of hydrogen-bond acceptors (Lipinski definition) is 2. The van der Waals surface area contributed by atoms with E-state index in [-0.39, 0.29) is 18.4 Å². The van der Waals surface area contributed by atoms with Crippen LogP contribution in [0, 0.1) is 5.92 Å². The number of likely N-dealkylation sites (tertiary alicyclic amines) is 1. The summed E-state index contributed by atoms with van der Waals surface area (Å²) < 4.78 is 54.8. The van der Waals surface area contributed by atoms with Crippen LogP contribution in [-0.4, -0.2) is 37.6 Å². The summed E-state index contributed by atoms with van der Waals surface area (Å²) in [7, 11) is 0. The third-order valence-electron chi connectivity index (χ3n) is 5.34. The first kappa shape index (κ1) is 17.7. The molecule has 0 saturated carbocycles. The van der Waals surface area contributed by atoms with Crippen molar-refractivity contribution in [3.63, 3.8) is 0 Å². The van der Waals surface area contributed by atoms with Crippen LogP contribution in [0.2, 0.25) is 0 Å². The highest BCUT2D eigenvalue weighted by Gasteiger charge is 2.43. The SMILES string of the molecule is FC(F)(F)c1ccccc1C1(F)CCN(CC2CCNCC2)CC1. The Hall–Kier alpha value is -1.14. The molecule has 2 fully saturated rings. The Labute approximate surface area is 140 Å². The van der Waals surface area contributed by atoms with Gasteiger partial charge in [0.2, 0.25) is 0 Å². The minimum absolute atomic E-state index is 0.130. The van der Waals surface area contributed by atoms with Crippen molar-refractivity contribution < 1.29 is 17.6 Å². The molecule has 3 rings (SSSR count). The maximum Gasteiger partial charge on any atom is 0.416 e. The molecular formula is C18H24F4N2. The Kier molecular flexibility index (Phi) is 5.16. The molecule has 1 N–H and O–H groups in total. The first-order valence-electron chi connectivity index (χ1n) is 8.67. The summed E-state index contributed by atoms with van der Waals surface area (Å²) in [6.45, 7) is 4.01. The maximum atomic E-state index is 15.3. The second kappa shape index (κ2) is 7.00. The summed E-state index contributed by atoms with van der Waals surface area (Å²) in [5, 5.41) is 3.32. The van der Waals surface area contributed by atoms with Crippen molar-refractivity contribution in [3.8, 4) is 0 Å². The zero-order valence-corrected chi connectivity index (χ0v) is 13.7. The molecule has 0 bridgehead atoms. The van der Waals surface area contributed by atoms with E-state index in [2.05, 4.69) is 10.2 Å². The second-order valence-corrected chi connectivity index (χ2v) is 7.00. The smallest absolute Gasteiger partial charge is 0.317 e. The van der Waals surface area contributed by atoms with E-state index in [0.717, 1.165) is 38.5 Å². The van der Waals surface area contributed by atoms with E-state index in [4.69, 9.17) is 0 Å². The summed E-state index contributed by atoms with van der Waals surface area (Å²) in [4.78, 5) is 2.21. The number of rotatable bonds is 3. The first-order valence-corrected chi connectivity index (χ1v) is 8.67. The van der Waals surface area contributed by atoms with E-state index in [1.54, 1.807) is 0 Å². The van der Waals surface area contributed by atoms with Gasteiger partial charge in [-0.25, -0.2) is 4.39 Å². The molecule has 0 spiro atoms. The number of piperidine rings is 2. The summed E-state index contributed by atoms with van der Waals surface area (Å²) in [5.74, 6) is 0.612. The Morgan fingerprint density at radius 2 is 1.71 bits per heavy atom. The van der Waals surface area contributed by atoms with Crippen molar-refractivity contribution >= 4 is 0 Å². The fourth-order valence-corrected chi connectivity index (χ4v) is 3.91. The number of nitrogens with zero attached hydrogens (tertiary/aromatic N) is 1. The van der Waals surface area contributed by atoms with Gasteiger partial charge in [-0.15, -0.1) is 0 Å². The lowest BCUT2D eigenvalue weighted by Crippen LogP contribution is -2.44. The number of halogens is 4. The van der Waals surface area contributed by atoms with Crippen LogP contribution in [0.25, 0.3) is 0 Å². The third-order valence-corrected chi connectivity index (χ3v) is 5.34. The van der Waals surface area contributed by atoms with Gasteiger partial charge in [-0.05, 0) is 50.8 Å². The highest BCUT2D eigenvalue weighted by atomic mass is 19.4. The molecule has 2 nitrogen and oxygen atoms in total. The molecule has 2 heterocycles. The monoisotopic (exact) mass is 344 g/mol. The lowest BCUT2D eigenvalue weighted by Gasteiger charge is -2.39.